The fourth-order valence-corrected chi connectivity index (χ4v) is 12.3. The summed E-state index contributed by atoms with van der Waals surface area (Å²) in [6.07, 6.45) is 0. The molecule has 0 N–H and O–H groups in total. The Kier molecular flexibility index (Phi) is 7.66. The van der Waals surface area contributed by atoms with Crippen molar-refractivity contribution in [3.63, 3.8) is 0 Å². The number of rotatable bonds is 5. The zero-order valence-corrected chi connectivity index (χ0v) is 35.7. The van der Waals surface area contributed by atoms with E-state index in [4.69, 9.17) is 15.0 Å². The smallest absolute Gasteiger partial charge is 0.165 e. The molecular formula is C57H33N5S2. The molecule has 0 bridgehead atoms. The van der Waals surface area contributed by atoms with Gasteiger partial charge in [-0.3, -0.25) is 0 Å². The number of hydrogen-bond acceptors (Lipinski definition) is 5. The minimum atomic E-state index is 0.642. The zero-order valence-electron chi connectivity index (χ0n) is 34.1. The molecular weight excluding hydrogens is 819 g/mol. The van der Waals surface area contributed by atoms with Crippen LogP contribution >= 0.6 is 22.7 Å². The van der Waals surface area contributed by atoms with Crippen molar-refractivity contribution in [1.29, 1.82) is 0 Å². The van der Waals surface area contributed by atoms with Crippen LogP contribution in [0.2, 0.25) is 0 Å². The topological polar surface area (TPSA) is 48.5 Å². The third-order valence-corrected chi connectivity index (χ3v) is 15.1. The summed E-state index contributed by atoms with van der Waals surface area (Å²) in [7, 11) is 0. The summed E-state index contributed by atoms with van der Waals surface area (Å²) in [4.78, 5) is 15.8. The summed E-state index contributed by atoms with van der Waals surface area (Å²) in [6, 6.07) is 71.8. The van der Waals surface area contributed by atoms with Gasteiger partial charge in [0, 0.05) is 90.0 Å². The average molecular weight is 852 g/mol. The summed E-state index contributed by atoms with van der Waals surface area (Å²) in [6.45, 7) is 0. The summed E-state index contributed by atoms with van der Waals surface area (Å²) >= 11 is 3.68. The second kappa shape index (κ2) is 13.8. The van der Waals surface area contributed by atoms with Crippen molar-refractivity contribution in [2.75, 3.05) is 0 Å². The Morgan fingerprint density at radius 3 is 1.45 bits per heavy atom. The molecule has 0 amide bonds. The molecule has 0 fully saturated rings. The molecule has 0 saturated carbocycles. The summed E-state index contributed by atoms with van der Waals surface area (Å²) in [5, 5.41) is 9.92. The van der Waals surface area contributed by atoms with Gasteiger partial charge >= 0.3 is 0 Å². The maximum Gasteiger partial charge on any atom is 0.165 e. The van der Waals surface area contributed by atoms with E-state index in [1.165, 1.54) is 62.7 Å². The largest absolute Gasteiger partial charge is 0.309 e. The van der Waals surface area contributed by atoms with Crippen molar-refractivity contribution in [1.82, 2.24) is 24.1 Å². The van der Waals surface area contributed by atoms with Gasteiger partial charge in [0.25, 0.3) is 0 Å². The second-order valence-electron chi connectivity index (χ2n) is 16.3. The standard InChI is InChI=1S/C57H33N5S2/c1-4-16-34(17-5-1)55-58-56(35-18-6-2-7-19-35)60-57(59-55)44-31-37(30-43-53-51(64-54(43)44)29-28-50-52(53)40-24-12-15-27-49(40)63-50)62-46-26-14-11-23-39(46)42-32-41-38-22-10-13-25-45(38)61(47(41)33-48(42)62)36-20-8-3-9-21-36/h1-33H. The van der Waals surface area contributed by atoms with Crippen molar-refractivity contribution in [3.05, 3.63) is 200 Å². The van der Waals surface area contributed by atoms with Gasteiger partial charge in [0.1, 0.15) is 0 Å². The van der Waals surface area contributed by atoms with Crippen molar-refractivity contribution in [2.24, 2.45) is 0 Å². The van der Waals surface area contributed by atoms with E-state index in [-0.39, 0.29) is 0 Å². The number of fused-ring (bicyclic) bond motifs is 13. The third kappa shape index (κ3) is 5.26. The Bertz CT molecular complexity index is 4120. The zero-order chi connectivity index (χ0) is 41.9. The van der Waals surface area contributed by atoms with E-state index < -0.39 is 0 Å². The van der Waals surface area contributed by atoms with Gasteiger partial charge in [0.15, 0.2) is 17.5 Å². The van der Waals surface area contributed by atoms with Gasteiger partial charge in [0.05, 0.1) is 22.1 Å². The fourth-order valence-electron chi connectivity index (χ4n) is 9.96. The molecule has 5 nitrogen and oxygen atoms in total. The third-order valence-electron chi connectivity index (χ3n) is 12.7. The molecule has 64 heavy (non-hydrogen) atoms. The Morgan fingerprint density at radius 2 is 0.812 bits per heavy atom. The van der Waals surface area contributed by atoms with E-state index in [1.807, 2.05) is 59.1 Å². The predicted molar refractivity (Wildman–Crippen MR) is 271 cm³/mol. The van der Waals surface area contributed by atoms with Crippen LogP contribution in [0.15, 0.2) is 200 Å². The van der Waals surface area contributed by atoms with Crippen molar-refractivity contribution < 1.29 is 0 Å². The van der Waals surface area contributed by atoms with E-state index in [9.17, 15) is 0 Å². The first-order chi connectivity index (χ1) is 31.7. The molecule has 0 radical (unpaired) electrons. The van der Waals surface area contributed by atoms with E-state index in [0.717, 1.165) is 49.3 Å². The molecule has 9 aromatic carbocycles. The highest BCUT2D eigenvalue weighted by Gasteiger charge is 2.24. The lowest BCUT2D eigenvalue weighted by Gasteiger charge is -2.14. The summed E-state index contributed by atoms with van der Waals surface area (Å²) in [5.41, 5.74) is 9.67. The van der Waals surface area contributed by atoms with Gasteiger partial charge in [-0.15, -0.1) is 22.7 Å². The predicted octanol–water partition coefficient (Wildman–Crippen LogP) is 15.8. The van der Waals surface area contributed by atoms with Crippen LogP contribution < -0.4 is 0 Å². The van der Waals surface area contributed by atoms with E-state index in [1.54, 1.807) is 0 Å². The quantitative estimate of drug-likeness (QED) is 0.173. The molecule has 0 aliphatic carbocycles. The van der Waals surface area contributed by atoms with Crippen LogP contribution in [0.4, 0.5) is 0 Å². The van der Waals surface area contributed by atoms with Crippen molar-refractivity contribution >= 4 is 107 Å². The van der Waals surface area contributed by atoms with Gasteiger partial charge in [0.2, 0.25) is 0 Å². The number of para-hydroxylation sites is 3. The lowest BCUT2D eigenvalue weighted by atomic mass is 10.0. The Labute approximate surface area is 374 Å². The molecule has 7 heteroatoms. The minimum absolute atomic E-state index is 0.642. The van der Waals surface area contributed by atoms with E-state index in [0.29, 0.717) is 17.5 Å². The van der Waals surface area contributed by atoms with Crippen LogP contribution in [0.3, 0.4) is 0 Å². The Morgan fingerprint density at radius 1 is 0.312 bits per heavy atom. The average Bonchev–Trinajstić information content (AvgIpc) is 4.11. The summed E-state index contributed by atoms with van der Waals surface area (Å²) in [5.74, 6) is 1.93. The van der Waals surface area contributed by atoms with E-state index in [2.05, 4.69) is 173 Å². The lowest BCUT2D eigenvalue weighted by Crippen LogP contribution is -2.01. The van der Waals surface area contributed by atoms with Crippen LogP contribution in [0.1, 0.15) is 0 Å². The van der Waals surface area contributed by atoms with Gasteiger partial charge in [-0.1, -0.05) is 133 Å². The highest BCUT2D eigenvalue weighted by atomic mass is 32.1. The first-order valence-electron chi connectivity index (χ1n) is 21.4. The Balaban J connectivity index is 1.14. The number of thiophene rings is 2. The highest BCUT2D eigenvalue weighted by Crippen LogP contribution is 2.48. The van der Waals surface area contributed by atoms with Gasteiger partial charge in [-0.25, -0.2) is 15.0 Å². The number of benzene rings is 9. The molecule has 14 aromatic rings. The van der Waals surface area contributed by atoms with Gasteiger partial charge < -0.3 is 9.13 Å². The number of hydrogen-bond donors (Lipinski definition) is 0. The maximum atomic E-state index is 5.35. The number of aromatic nitrogens is 5. The van der Waals surface area contributed by atoms with Crippen LogP contribution in [0, 0.1) is 0 Å². The molecule has 0 aliphatic rings. The van der Waals surface area contributed by atoms with E-state index >= 15 is 0 Å². The normalized spacial score (nSPS) is 12.1. The number of nitrogens with zero attached hydrogens (tertiary/aromatic N) is 5. The van der Waals surface area contributed by atoms with Gasteiger partial charge in [-0.05, 0) is 66.7 Å². The molecule has 298 valence electrons. The molecule has 5 heterocycles. The fraction of sp³-hybridized carbons (Fsp3) is 0. The molecule has 0 aliphatic heterocycles. The summed E-state index contributed by atoms with van der Waals surface area (Å²) < 4.78 is 9.84. The van der Waals surface area contributed by atoms with Crippen molar-refractivity contribution in [3.8, 4) is 45.5 Å². The SMILES string of the molecule is c1ccc(-c2nc(-c3ccccc3)nc(-c3cc(-n4c5ccccc5c5cc6c7ccccc7n(-c7ccccc7)c6cc54)cc4c3sc3ccc5sc6ccccc6c5c34)n2)cc1. The van der Waals surface area contributed by atoms with Gasteiger partial charge in [-0.2, -0.15) is 0 Å². The molecule has 5 aromatic heterocycles. The molecule has 0 atom stereocenters. The molecule has 14 rings (SSSR count). The lowest BCUT2D eigenvalue weighted by molar-refractivity contribution is 1.07. The minimum Gasteiger partial charge on any atom is -0.309 e. The Hall–Kier alpha value is -7.97. The second-order valence-corrected chi connectivity index (χ2v) is 18.5. The first-order valence-corrected chi connectivity index (χ1v) is 23.1. The highest BCUT2D eigenvalue weighted by molar-refractivity contribution is 7.28. The van der Waals surface area contributed by atoms with Crippen LogP contribution in [-0.2, 0) is 0 Å². The van der Waals surface area contributed by atoms with Crippen LogP contribution in [0.25, 0.3) is 129 Å². The maximum absolute atomic E-state index is 5.35. The van der Waals surface area contributed by atoms with Crippen LogP contribution in [0.5, 0.6) is 0 Å². The van der Waals surface area contributed by atoms with Crippen LogP contribution in [-0.4, -0.2) is 24.1 Å². The monoisotopic (exact) mass is 851 g/mol. The van der Waals surface area contributed by atoms with Crippen molar-refractivity contribution in [2.45, 2.75) is 0 Å². The molecule has 0 saturated heterocycles. The first kappa shape index (κ1) is 35.6. The molecule has 0 unspecified atom stereocenters. The molecule has 0 spiro atoms.